The number of carbonyl (C=O) groups excluding carboxylic acids is 2. The van der Waals surface area contributed by atoms with Crippen LogP contribution >= 0.6 is 11.3 Å². The molecule has 34 heavy (non-hydrogen) atoms. The van der Waals surface area contributed by atoms with Crippen molar-refractivity contribution in [3.05, 3.63) is 44.4 Å². The van der Waals surface area contributed by atoms with Crippen LogP contribution in [0.2, 0.25) is 0 Å². The van der Waals surface area contributed by atoms with E-state index in [9.17, 15) is 19.7 Å². The number of amides is 2. The lowest BCUT2D eigenvalue weighted by molar-refractivity contribution is -0.385. The van der Waals surface area contributed by atoms with Crippen molar-refractivity contribution in [3.63, 3.8) is 0 Å². The summed E-state index contributed by atoms with van der Waals surface area (Å²) in [5.74, 6) is 0.543. The summed E-state index contributed by atoms with van der Waals surface area (Å²) in [7, 11) is 1.42. The van der Waals surface area contributed by atoms with E-state index in [1.807, 2.05) is 5.38 Å². The molecular weight excluding hydrogens is 460 g/mol. The van der Waals surface area contributed by atoms with E-state index in [0.29, 0.717) is 44.2 Å². The van der Waals surface area contributed by atoms with Gasteiger partial charge in [-0.05, 0) is 18.8 Å². The van der Waals surface area contributed by atoms with E-state index >= 15 is 0 Å². The zero-order valence-electron chi connectivity index (χ0n) is 19.1. The molecule has 0 unspecified atom stereocenters. The van der Waals surface area contributed by atoms with Crippen LogP contribution in [0.15, 0.2) is 23.0 Å². The molecule has 1 aromatic carbocycles. The SMILES string of the molecule is COc1cc(C(=O)N2CCN(C(=O)CC3CCCC3)CC2)c([N+](=O)[O-])cc1OCc1cscn1. The van der Waals surface area contributed by atoms with Crippen LogP contribution in [0.3, 0.4) is 0 Å². The third kappa shape index (κ3) is 5.46. The standard InChI is InChI=1S/C23H28N4O6S/c1-32-20-11-18(19(27(30)31)12-21(20)33-13-17-14-34-15-24-17)23(29)26-8-6-25(7-9-26)22(28)10-16-4-2-3-5-16/h11-12,14-16H,2-10,13H2,1H3. The Morgan fingerprint density at radius 3 is 2.47 bits per heavy atom. The van der Waals surface area contributed by atoms with E-state index in [0.717, 1.165) is 12.8 Å². The summed E-state index contributed by atoms with van der Waals surface area (Å²) in [5.41, 5.74) is 1.95. The van der Waals surface area contributed by atoms with Gasteiger partial charge in [0.05, 0.1) is 29.3 Å². The zero-order chi connectivity index (χ0) is 24.1. The second-order valence-corrected chi connectivity index (χ2v) is 9.29. The van der Waals surface area contributed by atoms with Gasteiger partial charge >= 0.3 is 0 Å². The molecule has 4 rings (SSSR count). The Bertz CT molecular complexity index is 1030. The number of thiazole rings is 1. The van der Waals surface area contributed by atoms with Crippen molar-refractivity contribution in [2.75, 3.05) is 33.3 Å². The van der Waals surface area contributed by atoms with E-state index in [1.165, 1.54) is 43.4 Å². The van der Waals surface area contributed by atoms with Crippen LogP contribution in [0.4, 0.5) is 5.69 Å². The van der Waals surface area contributed by atoms with Gasteiger partial charge in [-0.15, -0.1) is 11.3 Å². The average molecular weight is 489 g/mol. The molecule has 1 aliphatic carbocycles. The van der Waals surface area contributed by atoms with Gasteiger partial charge in [0.15, 0.2) is 11.5 Å². The normalized spacial score (nSPS) is 16.5. The summed E-state index contributed by atoms with van der Waals surface area (Å²) >= 11 is 1.42. The van der Waals surface area contributed by atoms with Gasteiger partial charge < -0.3 is 19.3 Å². The molecule has 0 N–H and O–H groups in total. The van der Waals surface area contributed by atoms with Crippen molar-refractivity contribution >= 4 is 28.8 Å². The fraction of sp³-hybridized carbons (Fsp3) is 0.522. The van der Waals surface area contributed by atoms with Gasteiger partial charge in [0, 0.05) is 44.0 Å². The largest absolute Gasteiger partial charge is 0.493 e. The van der Waals surface area contributed by atoms with Crippen LogP contribution in [0.25, 0.3) is 0 Å². The molecule has 2 heterocycles. The van der Waals surface area contributed by atoms with Gasteiger partial charge in [0.2, 0.25) is 5.91 Å². The lowest BCUT2D eigenvalue weighted by Gasteiger charge is -2.35. The maximum atomic E-state index is 13.2. The second-order valence-electron chi connectivity index (χ2n) is 8.57. The fourth-order valence-corrected chi connectivity index (χ4v) is 5.07. The molecule has 0 radical (unpaired) electrons. The van der Waals surface area contributed by atoms with Crippen molar-refractivity contribution in [3.8, 4) is 11.5 Å². The van der Waals surface area contributed by atoms with Gasteiger partial charge in [-0.1, -0.05) is 12.8 Å². The Labute approximate surface area is 201 Å². The highest BCUT2D eigenvalue weighted by atomic mass is 32.1. The lowest BCUT2D eigenvalue weighted by atomic mass is 10.0. The summed E-state index contributed by atoms with van der Waals surface area (Å²) in [6.45, 7) is 1.64. The molecule has 1 aromatic heterocycles. The van der Waals surface area contributed by atoms with E-state index in [-0.39, 0.29) is 35.3 Å². The highest BCUT2D eigenvalue weighted by Crippen LogP contribution is 2.36. The summed E-state index contributed by atoms with van der Waals surface area (Å²) in [6, 6.07) is 2.58. The first kappa shape index (κ1) is 23.9. The predicted octanol–water partition coefficient (Wildman–Crippen LogP) is 3.50. The molecule has 11 heteroatoms. The molecule has 2 fully saturated rings. The number of nitrogens with zero attached hydrogens (tertiary/aromatic N) is 4. The first-order valence-electron chi connectivity index (χ1n) is 11.4. The summed E-state index contributed by atoms with van der Waals surface area (Å²) in [6.07, 6.45) is 5.17. The number of hydrogen-bond acceptors (Lipinski definition) is 8. The van der Waals surface area contributed by atoms with Crippen molar-refractivity contribution in [2.45, 2.75) is 38.7 Å². The molecule has 2 amide bonds. The molecule has 10 nitrogen and oxygen atoms in total. The van der Waals surface area contributed by atoms with Crippen molar-refractivity contribution in [1.82, 2.24) is 14.8 Å². The third-order valence-electron chi connectivity index (χ3n) is 6.43. The smallest absolute Gasteiger partial charge is 0.286 e. The Morgan fingerprint density at radius 1 is 1.15 bits per heavy atom. The van der Waals surface area contributed by atoms with Crippen LogP contribution < -0.4 is 9.47 Å². The molecule has 1 saturated heterocycles. The van der Waals surface area contributed by atoms with Gasteiger partial charge in [-0.3, -0.25) is 19.7 Å². The fourth-order valence-electron chi connectivity index (χ4n) is 4.52. The Hall–Kier alpha value is -3.21. The third-order valence-corrected chi connectivity index (χ3v) is 7.06. The molecule has 2 aliphatic rings. The number of ether oxygens (including phenoxy) is 2. The van der Waals surface area contributed by atoms with Crippen LogP contribution in [0.1, 0.15) is 48.2 Å². The minimum atomic E-state index is -0.593. The van der Waals surface area contributed by atoms with Gasteiger partial charge in [0.1, 0.15) is 12.2 Å². The molecule has 2 aromatic rings. The molecule has 0 atom stereocenters. The number of piperazine rings is 1. The summed E-state index contributed by atoms with van der Waals surface area (Å²) < 4.78 is 11.0. The minimum Gasteiger partial charge on any atom is -0.493 e. The highest BCUT2D eigenvalue weighted by molar-refractivity contribution is 7.07. The van der Waals surface area contributed by atoms with E-state index in [2.05, 4.69) is 4.98 Å². The lowest BCUT2D eigenvalue weighted by Crippen LogP contribution is -2.50. The number of hydrogen-bond donors (Lipinski definition) is 0. The number of benzene rings is 1. The van der Waals surface area contributed by atoms with Gasteiger partial charge in [0.25, 0.3) is 11.6 Å². The molecule has 1 saturated carbocycles. The number of aromatic nitrogens is 1. The van der Waals surface area contributed by atoms with E-state index < -0.39 is 10.8 Å². The Morgan fingerprint density at radius 2 is 1.85 bits per heavy atom. The second kappa shape index (κ2) is 10.8. The maximum absolute atomic E-state index is 13.2. The van der Waals surface area contributed by atoms with Crippen molar-refractivity contribution in [1.29, 1.82) is 0 Å². The van der Waals surface area contributed by atoms with Gasteiger partial charge in [-0.25, -0.2) is 4.98 Å². The highest BCUT2D eigenvalue weighted by Gasteiger charge is 2.31. The summed E-state index contributed by atoms with van der Waals surface area (Å²) in [5, 5.41) is 13.6. The molecule has 0 spiro atoms. The summed E-state index contributed by atoms with van der Waals surface area (Å²) in [4.78, 5) is 44.5. The predicted molar refractivity (Wildman–Crippen MR) is 125 cm³/mol. The van der Waals surface area contributed by atoms with Crippen molar-refractivity contribution in [2.24, 2.45) is 5.92 Å². The molecule has 182 valence electrons. The minimum absolute atomic E-state index is 0.0615. The van der Waals surface area contributed by atoms with Crippen LogP contribution in [-0.2, 0) is 11.4 Å². The number of carbonyl (C=O) groups is 2. The number of nitro groups is 1. The van der Waals surface area contributed by atoms with Crippen LogP contribution in [-0.4, -0.2) is 64.8 Å². The topological polar surface area (TPSA) is 115 Å². The molecular formula is C23H28N4O6S. The Kier molecular flexibility index (Phi) is 7.61. The quantitative estimate of drug-likeness (QED) is 0.412. The van der Waals surface area contributed by atoms with E-state index in [4.69, 9.17) is 9.47 Å². The number of nitro benzene ring substituents is 1. The maximum Gasteiger partial charge on any atom is 0.286 e. The first-order valence-corrected chi connectivity index (χ1v) is 12.3. The first-order chi connectivity index (χ1) is 16.5. The molecule has 0 bridgehead atoms. The monoisotopic (exact) mass is 488 g/mol. The van der Waals surface area contributed by atoms with Crippen molar-refractivity contribution < 1.29 is 24.0 Å². The molecule has 1 aliphatic heterocycles. The zero-order valence-corrected chi connectivity index (χ0v) is 19.9. The average Bonchev–Trinajstić information content (AvgIpc) is 3.56. The Balaban J connectivity index is 1.44. The van der Waals surface area contributed by atoms with Crippen LogP contribution in [0, 0.1) is 16.0 Å². The van der Waals surface area contributed by atoms with E-state index in [1.54, 1.807) is 15.3 Å². The van der Waals surface area contributed by atoms with Crippen LogP contribution in [0.5, 0.6) is 11.5 Å². The number of methoxy groups -OCH3 is 1. The van der Waals surface area contributed by atoms with Gasteiger partial charge in [-0.2, -0.15) is 0 Å². The number of rotatable bonds is 8.